The number of primary amides is 1. The molecule has 1 aliphatic rings. The summed E-state index contributed by atoms with van der Waals surface area (Å²) in [5, 5.41) is 7.90. The number of nitrogens with one attached hydrogen (secondary N) is 3. The molecule has 0 unspecified atom stereocenters. The van der Waals surface area contributed by atoms with Crippen molar-refractivity contribution in [3.63, 3.8) is 0 Å². The van der Waals surface area contributed by atoms with Crippen LogP contribution in [0.5, 0.6) is 0 Å². The average Bonchev–Trinajstić information content (AvgIpc) is 3.53. The van der Waals surface area contributed by atoms with E-state index in [0.717, 1.165) is 52.1 Å². The summed E-state index contributed by atoms with van der Waals surface area (Å²) < 4.78 is 63.0. The second-order valence-electron chi connectivity index (χ2n) is 14.8. The van der Waals surface area contributed by atoms with E-state index in [-0.39, 0.29) is 56.3 Å². The number of amides is 4. The molecule has 0 radical (unpaired) electrons. The molecule has 0 fully saturated rings. The van der Waals surface area contributed by atoms with Crippen molar-refractivity contribution in [2.24, 2.45) is 16.8 Å². The van der Waals surface area contributed by atoms with E-state index in [1.165, 1.54) is 0 Å². The van der Waals surface area contributed by atoms with Crippen LogP contribution in [-0.4, -0.2) is 62.9 Å². The second kappa shape index (κ2) is 19.7. The first-order valence-electron chi connectivity index (χ1n) is 19.1. The highest BCUT2D eigenvalue weighted by Crippen LogP contribution is 2.44. The molecular formula is C43H47F2N5O9S. The van der Waals surface area contributed by atoms with Crippen LogP contribution < -0.4 is 26.8 Å². The predicted molar refractivity (Wildman–Crippen MR) is 217 cm³/mol. The van der Waals surface area contributed by atoms with Gasteiger partial charge in [-0.1, -0.05) is 117 Å². The minimum Gasteiger partial charge on any atom is -0.461 e. The van der Waals surface area contributed by atoms with Gasteiger partial charge in [-0.2, -0.15) is 8.78 Å². The third-order valence-corrected chi connectivity index (χ3v) is 10.9. The molecule has 3 atom stereocenters. The zero-order valence-corrected chi connectivity index (χ0v) is 33.8. The van der Waals surface area contributed by atoms with Crippen LogP contribution >= 0.6 is 0 Å². The van der Waals surface area contributed by atoms with Crippen LogP contribution in [0.15, 0.2) is 103 Å². The smallest absolute Gasteiger partial charge is 0.407 e. The molecule has 318 valence electrons. The van der Waals surface area contributed by atoms with E-state index in [9.17, 15) is 41.2 Å². The highest BCUT2D eigenvalue weighted by atomic mass is 32.2. The number of esters is 1. The number of primary sulfonamides is 1. The monoisotopic (exact) mass is 847 g/mol. The van der Waals surface area contributed by atoms with E-state index in [0.29, 0.717) is 0 Å². The lowest BCUT2D eigenvalue weighted by atomic mass is 9.98. The van der Waals surface area contributed by atoms with E-state index < -0.39 is 68.8 Å². The van der Waals surface area contributed by atoms with Gasteiger partial charge in [-0.15, -0.1) is 0 Å². The molecule has 5 rings (SSSR count). The predicted octanol–water partition coefficient (Wildman–Crippen LogP) is 4.50. The number of sulfonamides is 1. The summed E-state index contributed by atoms with van der Waals surface area (Å²) in [6.45, 7) is 3.45. The van der Waals surface area contributed by atoms with Crippen LogP contribution in [0.1, 0.15) is 66.8 Å². The van der Waals surface area contributed by atoms with Gasteiger partial charge in [-0.25, -0.2) is 18.4 Å². The highest BCUT2D eigenvalue weighted by molar-refractivity contribution is 7.89. The van der Waals surface area contributed by atoms with E-state index in [1.54, 1.807) is 44.2 Å². The van der Waals surface area contributed by atoms with E-state index in [1.807, 2.05) is 48.5 Å². The molecule has 4 aromatic rings. The first-order valence-corrected chi connectivity index (χ1v) is 20.7. The van der Waals surface area contributed by atoms with Crippen molar-refractivity contribution in [3.8, 4) is 11.1 Å². The Morgan fingerprint density at radius 1 is 0.717 bits per heavy atom. The van der Waals surface area contributed by atoms with Crippen LogP contribution in [0.25, 0.3) is 11.1 Å². The minimum absolute atomic E-state index is 0.0437. The average molecular weight is 848 g/mol. The lowest BCUT2D eigenvalue weighted by Crippen LogP contribution is -2.57. The number of carbonyl (C=O) groups excluding carboxylic acids is 5. The molecule has 14 nitrogen and oxygen atoms in total. The molecule has 7 N–H and O–H groups in total. The van der Waals surface area contributed by atoms with E-state index >= 15 is 0 Å². The van der Waals surface area contributed by atoms with Crippen molar-refractivity contribution in [1.82, 2.24) is 16.0 Å². The highest BCUT2D eigenvalue weighted by Gasteiger charge is 2.44. The van der Waals surface area contributed by atoms with Gasteiger partial charge in [0.15, 0.2) is 0 Å². The Bertz CT molecular complexity index is 2250. The Labute approximate surface area is 346 Å². The fourth-order valence-electron chi connectivity index (χ4n) is 6.83. The van der Waals surface area contributed by atoms with Crippen LogP contribution in [0.2, 0.25) is 0 Å². The number of halogens is 2. The van der Waals surface area contributed by atoms with Crippen LogP contribution in [0.4, 0.5) is 13.6 Å². The normalized spacial score (nSPS) is 13.9. The molecule has 0 aromatic heterocycles. The van der Waals surface area contributed by atoms with Crippen molar-refractivity contribution in [2.45, 2.75) is 75.4 Å². The Balaban J connectivity index is 1.36. The van der Waals surface area contributed by atoms with Gasteiger partial charge >= 0.3 is 17.3 Å². The third-order valence-electron chi connectivity index (χ3n) is 9.92. The molecule has 60 heavy (non-hydrogen) atoms. The van der Waals surface area contributed by atoms with Gasteiger partial charge in [0.2, 0.25) is 17.7 Å². The van der Waals surface area contributed by atoms with Crippen molar-refractivity contribution >= 4 is 39.8 Å². The SMILES string of the molecule is CC(C)C[C@H](NC(=O)[C@H](Cc1ccc(C(F)(F)S(N)(=O)=O)cc1)NC(=O)[C@H](CCC(=O)OCc1ccccc1)NC(=O)OCC1c2ccccc2-c2ccccc21)C(N)=O. The summed E-state index contributed by atoms with van der Waals surface area (Å²) >= 11 is 0. The van der Waals surface area contributed by atoms with Crippen molar-refractivity contribution < 1.29 is 50.6 Å². The summed E-state index contributed by atoms with van der Waals surface area (Å²) in [5.41, 5.74) is 9.43. The minimum atomic E-state index is -5.31. The maximum Gasteiger partial charge on any atom is 0.407 e. The van der Waals surface area contributed by atoms with Gasteiger partial charge in [0, 0.05) is 24.3 Å². The molecule has 1 aliphatic carbocycles. The van der Waals surface area contributed by atoms with Gasteiger partial charge in [0.25, 0.3) is 10.0 Å². The number of nitrogens with two attached hydrogens (primary N) is 2. The summed E-state index contributed by atoms with van der Waals surface area (Å²) in [6, 6.07) is 24.0. The summed E-state index contributed by atoms with van der Waals surface area (Å²) in [5.74, 6) is -3.74. The van der Waals surface area contributed by atoms with Crippen LogP contribution in [-0.2, 0) is 57.0 Å². The second-order valence-corrected chi connectivity index (χ2v) is 16.4. The van der Waals surface area contributed by atoms with Gasteiger partial charge in [-0.05, 0) is 52.1 Å². The Morgan fingerprint density at radius 3 is 1.83 bits per heavy atom. The maximum absolute atomic E-state index is 14.5. The zero-order valence-electron chi connectivity index (χ0n) is 32.9. The number of alkyl carbamates (subject to hydrolysis) is 1. The molecule has 0 heterocycles. The number of carbonyl (C=O) groups is 5. The third kappa shape index (κ3) is 11.5. The van der Waals surface area contributed by atoms with Gasteiger partial charge in [0.05, 0.1) is 0 Å². The molecule has 0 bridgehead atoms. The summed E-state index contributed by atoms with van der Waals surface area (Å²) in [6.07, 6.45) is -1.85. The zero-order chi connectivity index (χ0) is 43.6. The number of ether oxygens (including phenoxy) is 2. The van der Waals surface area contributed by atoms with Gasteiger partial charge < -0.3 is 31.2 Å². The number of benzene rings is 4. The molecule has 17 heteroatoms. The topological polar surface area (TPSA) is 226 Å². The molecule has 0 saturated heterocycles. The molecule has 4 amide bonds. The first-order chi connectivity index (χ1) is 28.4. The molecular weight excluding hydrogens is 801 g/mol. The van der Waals surface area contributed by atoms with E-state index in [4.69, 9.17) is 20.3 Å². The summed E-state index contributed by atoms with van der Waals surface area (Å²) in [4.78, 5) is 66.4. The van der Waals surface area contributed by atoms with E-state index in [2.05, 4.69) is 16.0 Å². The lowest BCUT2D eigenvalue weighted by Gasteiger charge is -2.25. The number of hydrogen-bond acceptors (Lipinski definition) is 9. The number of fused-ring (bicyclic) bond motifs is 3. The van der Waals surface area contributed by atoms with Crippen molar-refractivity contribution in [3.05, 3.63) is 131 Å². The number of hydrogen-bond donors (Lipinski definition) is 5. The number of rotatable bonds is 19. The largest absolute Gasteiger partial charge is 0.461 e. The summed E-state index contributed by atoms with van der Waals surface area (Å²) in [7, 11) is -5.31. The Hall–Kier alpha value is -6.20. The molecule has 0 saturated carbocycles. The van der Waals surface area contributed by atoms with Crippen LogP contribution in [0.3, 0.4) is 0 Å². The molecule has 4 aromatic carbocycles. The fraction of sp³-hybridized carbons (Fsp3) is 0.326. The standard InChI is InChI=1S/C43H47F2N5O9S/c1-26(2)22-36(39(46)52)48-41(54)37(23-27-16-18-29(19-17-27)43(44,45)60(47,56)57)49-40(53)35(20-21-38(51)58-24-28-10-4-3-5-11-28)50-42(55)59-25-34-32-14-8-6-12-30(32)31-13-7-9-15-33(31)34/h3-19,26,34-37H,20-25H2,1-2H3,(H2,46,52)(H,48,54)(H,49,53)(H,50,55)(H2,47,56,57)/t35-,36-,37-/m0/s1. The molecule has 0 spiro atoms. The number of alkyl halides is 2. The van der Waals surface area contributed by atoms with Crippen molar-refractivity contribution in [1.29, 1.82) is 0 Å². The van der Waals surface area contributed by atoms with Gasteiger partial charge in [-0.3, -0.25) is 19.2 Å². The Kier molecular flexibility index (Phi) is 14.7. The van der Waals surface area contributed by atoms with Crippen molar-refractivity contribution in [2.75, 3.05) is 6.61 Å². The molecule has 0 aliphatic heterocycles. The quantitative estimate of drug-likeness (QED) is 0.0837. The first kappa shape index (κ1) is 44.9. The maximum atomic E-state index is 14.5. The Morgan fingerprint density at radius 2 is 1.27 bits per heavy atom. The van der Waals surface area contributed by atoms with Crippen LogP contribution in [0, 0.1) is 5.92 Å². The fourth-order valence-corrected chi connectivity index (χ4v) is 7.29. The van der Waals surface area contributed by atoms with Gasteiger partial charge in [0.1, 0.15) is 31.3 Å². The lowest BCUT2D eigenvalue weighted by molar-refractivity contribution is -0.145.